The average Bonchev–Trinajstić information content (AvgIpc) is 3.12. The van der Waals surface area contributed by atoms with Crippen molar-refractivity contribution in [1.82, 2.24) is 14.9 Å². The number of hydrogen-bond acceptors (Lipinski definition) is 5. The molecule has 3 rings (SSSR count). The summed E-state index contributed by atoms with van der Waals surface area (Å²) in [6.45, 7) is 4.43. The van der Waals surface area contributed by atoms with E-state index in [9.17, 15) is 14.7 Å². The van der Waals surface area contributed by atoms with Gasteiger partial charge in [0.15, 0.2) is 0 Å². The Hall–Kier alpha value is -2.28. The number of carbonyl (C=O) groups is 2. The molecule has 0 aromatic carbocycles. The van der Waals surface area contributed by atoms with Crippen molar-refractivity contribution < 1.29 is 14.7 Å². The predicted molar refractivity (Wildman–Crippen MR) is 90.0 cm³/mol. The number of carboxylic acids is 1. The molecule has 1 aliphatic heterocycles. The molecular formula is C17H19N3O3S. The molecule has 1 N–H and O–H groups in total. The summed E-state index contributed by atoms with van der Waals surface area (Å²) in [7, 11) is 0. The summed E-state index contributed by atoms with van der Waals surface area (Å²) < 4.78 is 0. The fourth-order valence-corrected chi connectivity index (χ4v) is 4.07. The number of aliphatic carboxylic acids is 1. The molecule has 0 spiro atoms. The Labute approximate surface area is 144 Å². The summed E-state index contributed by atoms with van der Waals surface area (Å²) in [5.74, 6) is -1.82. The molecule has 0 radical (unpaired) electrons. The van der Waals surface area contributed by atoms with Crippen LogP contribution in [0.4, 0.5) is 0 Å². The third-order valence-electron chi connectivity index (χ3n) is 4.37. The van der Waals surface area contributed by atoms with Crippen molar-refractivity contribution in [2.45, 2.75) is 26.2 Å². The number of carbonyl (C=O) groups excluding carboxylic acids is 1. The minimum Gasteiger partial charge on any atom is -0.481 e. The molecule has 1 saturated heterocycles. The summed E-state index contributed by atoms with van der Waals surface area (Å²) in [6.07, 6.45) is 1.93. The number of aromatic nitrogens is 2. The molecule has 0 saturated carbocycles. The summed E-state index contributed by atoms with van der Waals surface area (Å²) in [4.78, 5) is 35.4. The van der Waals surface area contributed by atoms with E-state index in [2.05, 4.69) is 9.97 Å². The Morgan fingerprint density at radius 1 is 1.33 bits per heavy atom. The monoisotopic (exact) mass is 345 g/mol. The molecule has 24 heavy (non-hydrogen) atoms. The van der Waals surface area contributed by atoms with Crippen LogP contribution in [0.2, 0.25) is 0 Å². The second-order valence-corrected chi connectivity index (χ2v) is 7.31. The van der Waals surface area contributed by atoms with Gasteiger partial charge in [-0.2, -0.15) is 0 Å². The van der Waals surface area contributed by atoms with Crippen LogP contribution >= 0.6 is 11.3 Å². The van der Waals surface area contributed by atoms with Gasteiger partial charge < -0.3 is 10.0 Å². The first-order valence-corrected chi connectivity index (χ1v) is 8.61. The normalized spacial score (nSPS) is 20.3. The van der Waals surface area contributed by atoms with Crippen molar-refractivity contribution in [1.29, 1.82) is 0 Å². The molecule has 2 atom stereocenters. The van der Waals surface area contributed by atoms with Gasteiger partial charge in [0.2, 0.25) is 5.91 Å². The predicted octanol–water partition coefficient (Wildman–Crippen LogP) is 2.02. The van der Waals surface area contributed by atoms with Crippen molar-refractivity contribution in [2.24, 2.45) is 5.92 Å². The van der Waals surface area contributed by atoms with Gasteiger partial charge in [-0.25, -0.2) is 4.98 Å². The number of carboxylic acid groups (broad SMARTS) is 1. The molecule has 2 aromatic heterocycles. The first-order valence-electron chi connectivity index (χ1n) is 7.80. The number of nitrogens with zero attached hydrogens (tertiary/aromatic N) is 3. The van der Waals surface area contributed by atoms with E-state index in [1.54, 1.807) is 17.2 Å². The Balaban J connectivity index is 1.76. The standard InChI is InChI=1S/C17H19N3O3S/c1-10-15(24-11(2)19-10)7-16(21)20-8-12(13(9-20)17(22)23)14-5-3-4-6-18-14/h3-6,12-13H,7-9H2,1-2H3,(H,22,23)/t12-,13-/m0/s1. The number of pyridine rings is 1. The maximum absolute atomic E-state index is 12.6. The minimum absolute atomic E-state index is 0.0496. The SMILES string of the molecule is Cc1nc(C)c(CC(=O)N2C[C@H](C(=O)O)[C@@H](c3ccccn3)C2)s1. The van der Waals surface area contributed by atoms with Gasteiger partial charge in [0, 0.05) is 35.8 Å². The minimum atomic E-state index is -0.884. The quantitative estimate of drug-likeness (QED) is 0.916. The fraction of sp³-hybridized carbons (Fsp3) is 0.412. The molecule has 3 heterocycles. The lowest BCUT2D eigenvalue weighted by atomic mass is 9.93. The number of amides is 1. The van der Waals surface area contributed by atoms with Gasteiger partial charge in [0.05, 0.1) is 23.0 Å². The highest BCUT2D eigenvalue weighted by Crippen LogP contribution is 2.32. The highest BCUT2D eigenvalue weighted by Gasteiger charge is 2.41. The summed E-state index contributed by atoms with van der Waals surface area (Å²) >= 11 is 1.52. The topological polar surface area (TPSA) is 83.4 Å². The van der Waals surface area contributed by atoms with Gasteiger partial charge in [-0.05, 0) is 26.0 Å². The molecular weight excluding hydrogens is 326 g/mol. The number of aryl methyl sites for hydroxylation is 2. The van der Waals surface area contributed by atoms with Crippen LogP contribution in [0.15, 0.2) is 24.4 Å². The smallest absolute Gasteiger partial charge is 0.309 e. The zero-order valence-electron chi connectivity index (χ0n) is 13.6. The van der Waals surface area contributed by atoms with Crippen molar-refractivity contribution in [3.63, 3.8) is 0 Å². The first kappa shape index (κ1) is 16.6. The van der Waals surface area contributed by atoms with Crippen LogP contribution in [-0.2, 0) is 16.0 Å². The van der Waals surface area contributed by atoms with E-state index >= 15 is 0 Å². The molecule has 7 heteroatoms. The Morgan fingerprint density at radius 3 is 2.71 bits per heavy atom. The van der Waals surface area contributed by atoms with E-state index in [1.807, 2.05) is 26.0 Å². The van der Waals surface area contributed by atoms with E-state index in [0.29, 0.717) is 6.54 Å². The number of hydrogen-bond donors (Lipinski definition) is 1. The van der Waals surface area contributed by atoms with Crippen molar-refractivity contribution >= 4 is 23.2 Å². The molecule has 2 aromatic rings. The van der Waals surface area contributed by atoms with E-state index in [-0.39, 0.29) is 24.8 Å². The highest BCUT2D eigenvalue weighted by molar-refractivity contribution is 7.11. The molecule has 6 nitrogen and oxygen atoms in total. The largest absolute Gasteiger partial charge is 0.481 e. The van der Waals surface area contributed by atoms with Gasteiger partial charge in [-0.1, -0.05) is 6.07 Å². The van der Waals surface area contributed by atoms with Gasteiger partial charge in [0.1, 0.15) is 0 Å². The number of thiazole rings is 1. The van der Waals surface area contributed by atoms with Crippen LogP contribution in [0.5, 0.6) is 0 Å². The maximum Gasteiger partial charge on any atom is 0.309 e. The molecule has 0 bridgehead atoms. The van der Waals surface area contributed by atoms with Crippen LogP contribution in [0.3, 0.4) is 0 Å². The number of rotatable bonds is 4. The van der Waals surface area contributed by atoms with E-state index in [0.717, 1.165) is 21.3 Å². The lowest BCUT2D eigenvalue weighted by Crippen LogP contribution is -2.31. The van der Waals surface area contributed by atoms with Crippen LogP contribution < -0.4 is 0 Å². The van der Waals surface area contributed by atoms with Crippen LogP contribution in [0.1, 0.15) is 27.2 Å². The average molecular weight is 345 g/mol. The summed E-state index contributed by atoms with van der Waals surface area (Å²) in [5, 5.41) is 10.4. The second-order valence-electron chi connectivity index (χ2n) is 6.02. The zero-order valence-corrected chi connectivity index (χ0v) is 14.4. The maximum atomic E-state index is 12.6. The van der Waals surface area contributed by atoms with Crippen molar-refractivity contribution in [2.75, 3.05) is 13.1 Å². The molecule has 126 valence electrons. The zero-order chi connectivity index (χ0) is 17.3. The summed E-state index contributed by atoms with van der Waals surface area (Å²) in [5.41, 5.74) is 1.60. The third kappa shape index (κ3) is 3.31. The first-order chi connectivity index (χ1) is 11.5. The summed E-state index contributed by atoms with van der Waals surface area (Å²) in [6, 6.07) is 5.46. The van der Waals surface area contributed by atoms with E-state index in [4.69, 9.17) is 0 Å². The highest BCUT2D eigenvalue weighted by atomic mass is 32.1. The van der Waals surface area contributed by atoms with Crippen molar-refractivity contribution in [3.05, 3.63) is 45.7 Å². The van der Waals surface area contributed by atoms with Crippen molar-refractivity contribution in [3.8, 4) is 0 Å². The lowest BCUT2D eigenvalue weighted by Gasteiger charge is -2.16. The lowest BCUT2D eigenvalue weighted by molar-refractivity contribution is -0.141. The van der Waals surface area contributed by atoms with Crippen LogP contribution in [0.25, 0.3) is 0 Å². The van der Waals surface area contributed by atoms with Crippen LogP contribution in [0, 0.1) is 19.8 Å². The van der Waals surface area contributed by atoms with Crippen LogP contribution in [-0.4, -0.2) is 44.9 Å². The van der Waals surface area contributed by atoms with Gasteiger partial charge in [-0.3, -0.25) is 14.6 Å². The van der Waals surface area contributed by atoms with Gasteiger partial charge >= 0.3 is 5.97 Å². The molecule has 1 amide bonds. The van der Waals surface area contributed by atoms with Gasteiger partial charge in [-0.15, -0.1) is 11.3 Å². The third-order valence-corrected chi connectivity index (χ3v) is 5.44. The Morgan fingerprint density at radius 2 is 2.12 bits per heavy atom. The van der Waals surface area contributed by atoms with Gasteiger partial charge in [0.25, 0.3) is 0 Å². The molecule has 0 unspecified atom stereocenters. The second kappa shape index (κ2) is 6.68. The van der Waals surface area contributed by atoms with E-state index in [1.165, 1.54) is 11.3 Å². The molecule has 1 aliphatic rings. The fourth-order valence-electron chi connectivity index (χ4n) is 3.14. The Kier molecular flexibility index (Phi) is 4.62. The molecule has 0 aliphatic carbocycles. The van der Waals surface area contributed by atoms with E-state index < -0.39 is 11.9 Å². The Bertz CT molecular complexity index is 760. The number of likely N-dealkylation sites (tertiary alicyclic amines) is 1. The molecule has 1 fully saturated rings.